The zero-order valence-electron chi connectivity index (χ0n) is 18.7. The normalized spacial score (nSPS) is 21.6. The average Bonchev–Trinajstić information content (AvgIpc) is 3.36. The second-order valence-electron chi connectivity index (χ2n) is 9.22. The van der Waals surface area contributed by atoms with Gasteiger partial charge in [0.15, 0.2) is 0 Å². The van der Waals surface area contributed by atoms with E-state index in [-0.39, 0.29) is 23.7 Å². The van der Waals surface area contributed by atoms with E-state index in [4.69, 9.17) is 14.7 Å². The maximum atomic E-state index is 13.3. The number of amides is 1. The quantitative estimate of drug-likeness (QED) is 0.728. The Hall–Kier alpha value is -2.54. The molecule has 0 bridgehead atoms. The van der Waals surface area contributed by atoms with E-state index in [2.05, 4.69) is 11.8 Å². The zero-order valence-corrected chi connectivity index (χ0v) is 18.7. The molecule has 3 aliphatic rings. The summed E-state index contributed by atoms with van der Waals surface area (Å²) in [6.45, 7) is 5.92. The number of aryl methyl sites for hydroxylation is 1. The summed E-state index contributed by atoms with van der Waals surface area (Å²) in [4.78, 5) is 26.9. The van der Waals surface area contributed by atoms with E-state index in [9.17, 15) is 9.18 Å². The summed E-state index contributed by atoms with van der Waals surface area (Å²) < 4.78 is 18.9. The molecule has 3 aliphatic heterocycles. The third-order valence-corrected chi connectivity index (χ3v) is 7.03. The van der Waals surface area contributed by atoms with Crippen LogP contribution in [0.2, 0.25) is 0 Å². The van der Waals surface area contributed by atoms with Gasteiger partial charge in [-0.1, -0.05) is 12.1 Å². The van der Waals surface area contributed by atoms with Gasteiger partial charge < -0.3 is 14.5 Å². The molecule has 1 amide bonds. The van der Waals surface area contributed by atoms with Crippen LogP contribution in [0.5, 0.6) is 0 Å². The van der Waals surface area contributed by atoms with Crippen molar-refractivity contribution in [2.24, 2.45) is 0 Å². The maximum absolute atomic E-state index is 13.3. The molecule has 32 heavy (non-hydrogen) atoms. The number of aromatic nitrogens is 2. The summed E-state index contributed by atoms with van der Waals surface area (Å²) in [5, 5.41) is 0. The Morgan fingerprint density at radius 3 is 2.59 bits per heavy atom. The van der Waals surface area contributed by atoms with Crippen LogP contribution in [-0.4, -0.2) is 53.1 Å². The summed E-state index contributed by atoms with van der Waals surface area (Å²) in [7, 11) is 0. The lowest BCUT2D eigenvalue weighted by molar-refractivity contribution is -0.142. The van der Waals surface area contributed by atoms with Crippen LogP contribution in [0.15, 0.2) is 24.3 Å². The minimum Gasteiger partial charge on any atom is -0.368 e. The van der Waals surface area contributed by atoms with Crippen molar-refractivity contribution >= 4 is 11.7 Å². The minimum absolute atomic E-state index is 0.147. The Labute approximate surface area is 188 Å². The van der Waals surface area contributed by atoms with Crippen LogP contribution in [0, 0.1) is 12.7 Å². The van der Waals surface area contributed by atoms with Gasteiger partial charge in [-0.15, -0.1) is 0 Å². The lowest BCUT2D eigenvalue weighted by Gasteiger charge is -2.34. The van der Waals surface area contributed by atoms with Crippen LogP contribution in [0.25, 0.3) is 0 Å². The Kier molecular flexibility index (Phi) is 6.09. The highest BCUT2D eigenvalue weighted by molar-refractivity contribution is 5.81. The number of likely N-dealkylation sites (tertiary alicyclic amines) is 1. The number of hydrogen-bond donors (Lipinski definition) is 0. The topological polar surface area (TPSA) is 58.6 Å². The highest BCUT2D eigenvalue weighted by Gasteiger charge is 2.33. The third kappa shape index (κ3) is 4.35. The van der Waals surface area contributed by atoms with Gasteiger partial charge in [-0.2, -0.15) is 0 Å². The highest BCUT2D eigenvalue weighted by Crippen LogP contribution is 2.33. The molecule has 6 nitrogen and oxygen atoms in total. The molecule has 0 radical (unpaired) electrons. The van der Waals surface area contributed by atoms with E-state index in [0.29, 0.717) is 6.61 Å². The number of nitrogens with zero attached hydrogens (tertiary/aromatic N) is 4. The summed E-state index contributed by atoms with van der Waals surface area (Å²) >= 11 is 0. The van der Waals surface area contributed by atoms with Crippen molar-refractivity contribution in [3.63, 3.8) is 0 Å². The Morgan fingerprint density at radius 2 is 1.88 bits per heavy atom. The lowest BCUT2D eigenvalue weighted by Crippen LogP contribution is -2.43. The average molecular weight is 439 g/mol. The monoisotopic (exact) mass is 438 g/mol. The summed E-state index contributed by atoms with van der Waals surface area (Å²) in [5.41, 5.74) is 3.37. The first-order valence-electron chi connectivity index (χ1n) is 11.9. The van der Waals surface area contributed by atoms with E-state index < -0.39 is 0 Å². The van der Waals surface area contributed by atoms with Gasteiger partial charge in [0.2, 0.25) is 0 Å². The van der Waals surface area contributed by atoms with Crippen molar-refractivity contribution in [1.29, 1.82) is 0 Å². The number of anilines is 1. The van der Waals surface area contributed by atoms with Gasteiger partial charge >= 0.3 is 0 Å². The standard InChI is InChI=1S/C25H31FN4O2/c1-17-21-4-2-12-30(16-18-6-8-20(26)9-7-18)24(21)28-23(27-17)19-10-13-29(14-11-19)25(31)22-5-3-15-32-22/h6-9,19,22H,2-5,10-16H2,1H3/t22-/m0/s1. The number of fused-ring (bicyclic) bond motifs is 1. The Morgan fingerprint density at radius 1 is 1.09 bits per heavy atom. The van der Waals surface area contributed by atoms with E-state index in [1.807, 2.05) is 17.0 Å². The predicted octanol–water partition coefficient (Wildman–Crippen LogP) is 3.76. The summed E-state index contributed by atoms with van der Waals surface area (Å²) in [6, 6.07) is 6.73. The fourth-order valence-electron chi connectivity index (χ4n) is 5.19. The number of rotatable bonds is 4. The molecule has 0 saturated carbocycles. The van der Waals surface area contributed by atoms with Crippen molar-refractivity contribution in [3.8, 4) is 0 Å². The fourth-order valence-corrected chi connectivity index (χ4v) is 5.19. The first-order valence-corrected chi connectivity index (χ1v) is 11.9. The van der Waals surface area contributed by atoms with Crippen LogP contribution >= 0.6 is 0 Å². The first kappa shape index (κ1) is 21.3. The molecule has 2 aromatic rings. The predicted molar refractivity (Wildman–Crippen MR) is 120 cm³/mol. The third-order valence-electron chi connectivity index (χ3n) is 7.03. The lowest BCUT2D eigenvalue weighted by atomic mass is 9.94. The molecule has 5 rings (SSSR count). The van der Waals surface area contributed by atoms with Gasteiger partial charge in [0.1, 0.15) is 23.6 Å². The van der Waals surface area contributed by atoms with Crippen molar-refractivity contribution < 1.29 is 13.9 Å². The Balaban J connectivity index is 1.31. The smallest absolute Gasteiger partial charge is 0.251 e. The molecule has 0 N–H and O–H groups in total. The molecule has 0 spiro atoms. The molecule has 2 saturated heterocycles. The molecular formula is C25H31FN4O2. The zero-order chi connectivity index (χ0) is 22.1. The van der Waals surface area contributed by atoms with Gasteiger partial charge in [-0.25, -0.2) is 14.4 Å². The number of halogens is 1. The minimum atomic E-state index is -0.242. The molecule has 170 valence electrons. The van der Waals surface area contributed by atoms with E-state index >= 15 is 0 Å². The van der Waals surface area contributed by atoms with Crippen LogP contribution in [0.1, 0.15) is 60.7 Å². The summed E-state index contributed by atoms with van der Waals surface area (Å²) in [5.74, 6) is 2.13. The molecule has 7 heteroatoms. The van der Waals surface area contributed by atoms with E-state index in [1.165, 1.54) is 17.7 Å². The van der Waals surface area contributed by atoms with Gasteiger partial charge in [0.05, 0.1) is 0 Å². The van der Waals surface area contributed by atoms with Crippen LogP contribution in [0.3, 0.4) is 0 Å². The van der Waals surface area contributed by atoms with Gasteiger partial charge in [0.25, 0.3) is 5.91 Å². The molecule has 1 aromatic heterocycles. The Bertz CT molecular complexity index is 967. The molecule has 2 fully saturated rings. The van der Waals surface area contributed by atoms with Crippen molar-refractivity contribution in [1.82, 2.24) is 14.9 Å². The van der Waals surface area contributed by atoms with Gasteiger partial charge in [0, 0.05) is 50.0 Å². The summed E-state index contributed by atoms with van der Waals surface area (Å²) in [6.07, 6.45) is 5.41. The number of hydrogen-bond acceptors (Lipinski definition) is 5. The van der Waals surface area contributed by atoms with Gasteiger partial charge in [-0.05, 0) is 63.1 Å². The largest absolute Gasteiger partial charge is 0.368 e. The van der Waals surface area contributed by atoms with Crippen LogP contribution in [-0.2, 0) is 22.5 Å². The van der Waals surface area contributed by atoms with E-state index in [0.717, 1.165) is 87.6 Å². The molecule has 1 atom stereocenters. The van der Waals surface area contributed by atoms with Crippen molar-refractivity contribution in [2.45, 2.75) is 64.0 Å². The molecule has 0 aliphatic carbocycles. The second kappa shape index (κ2) is 9.14. The second-order valence-corrected chi connectivity index (χ2v) is 9.22. The molecule has 1 aromatic carbocycles. The number of ether oxygens (including phenoxy) is 1. The number of piperidine rings is 1. The van der Waals surface area contributed by atoms with Crippen LogP contribution < -0.4 is 4.90 Å². The van der Waals surface area contributed by atoms with Crippen LogP contribution in [0.4, 0.5) is 10.2 Å². The van der Waals surface area contributed by atoms with Crippen molar-refractivity contribution in [3.05, 3.63) is 52.7 Å². The number of benzene rings is 1. The molecule has 0 unspecified atom stereocenters. The number of carbonyl (C=O) groups is 1. The highest BCUT2D eigenvalue weighted by atomic mass is 19.1. The van der Waals surface area contributed by atoms with Gasteiger partial charge in [-0.3, -0.25) is 4.79 Å². The molecule has 4 heterocycles. The van der Waals surface area contributed by atoms with Crippen molar-refractivity contribution in [2.75, 3.05) is 31.1 Å². The fraction of sp³-hybridized carbons (Fsp3) is 0.560. The maximum Gasteiger partial charge on any atom is 0.251 e. The first-order chi connectivity index (χ1) is 15.6. The molecular weight excluding hydrogens is 407 g/mol. The van der Waals surface area contributed by atoms with E-state index in [1.54, 1.807) is 0 Å². The SMILES string of the molecule is Cc1nc(C2CCN(C(=O)[C@@H]3CCCO3)CC2)nc2c1CCCN2Cc1ccc(F)cc1. The number of carbonyl (C=O) groups excluding carboxylic acids is 1.